The highest BCUT2D eigenvalue weighted by molar-refractivity contribution is 5.43. The van der Waals surface area contributed by atoms with Gasteiger partial charge in [-0.2, -0.15) is 0 Å². The van der Waals surface area contributed by atoms with E-state index in [1.54, 1.807) is 0 Å². The van der Waals surface area contributed by atoms with Crippen LogP contribution in [0.3, 0.4) is 0 Å². The van der Waals surface area contributed by atoms with E-state index in [2.05, 4.69) is 0 Å². The van der Waals surface area contributed by atoms with Gasteiger partial charge in [-0.25, -0.2) is 0 Å². The van der Waals surface area contributed by atoms with E-state index in [9.17, 15) is 30.3 Å². The molecule has 19 heavy (non-hydrogen) atoms. The topological polar surface area (TPSA) is 155 Å². The van der Waals surface area contributed by atoms with E-state index in [1.807, 2.05) is 0 Å². The highest BCUT2D eigenvalue weighted by Crippen LogP contribution is 2.37. The number of nitrogens with two attached hydrogens (primary N) is 1. The predicted molar refractivity (Wildman–Crippen MR) is 62.8 cm³/mol. The summed E-state index contributed by atoms with van der Waals surface area (Å²) in [6.07, 6.45) is 0. The SMILES string of the molecule is CC1=C([N+](=O)[O-])C(C)(N)C([N+](=O)[O-])C(C)=C1[N+](=O)[O-]. The van der Waals surface area contributed by atoms with E-state index in [0.717, 1.165) is 6.92 Å². The molecule has 1 aliphatic rings. The van der Waals surface area contributed by atoms with Crippen molar-refractivity contribution in [2.45, 2.75) is 32.4 Å². The Morgan fingerprint density at radius 1 is 1.11 bits per heavy atom. The van der Waals surface area contributed by atoms with Crippen molar-refractivity contribution < 1.29 is 14.8 Å². The summed E-state index contributed by atoms with van der Waals surface area (Å²) < 4.78 is 0. The summed E-state index contributed by atoms with van der Waals surface area (Å²) in [7, 11) is 0. The highest BCUT2D eigenvalue weighted by Gasteiger charge is 2.58. The Balaban J connectivity index is 3.74. The fourth-order valence-corrected chi connectivity index (χ4v) is 2.51. The van der Waals surface area contributed by atoms with Crippen LogP contribution in [0.15, 0.2) is 22.5 Å². The molecule has 2 N–H and O–H groups in total. The molecule has 10 heteroatoms. The second kappa shape index (κ2) is 4.39. The quantitative estimate of drug-likeness (QED) is 0.577. The van der Waals surface area contributed by atoms with Crippen molar-refractivity contribution in [1.29, 1.82) is 0 Å². The molecule has 0 amide bonds. The molecule has 0 fully saturated rings. The van der Waals surface area contributed by atoms with Gasteiger partial charge >= 0.3 is 0 Å². The zero-order chi connectivity index (χ0) is 15.1. The van der Waals surface area contributed by atoms with E-state index < -0.39 is 37.7 Å². The largest absolute Gasteiger partial charge is 0.310 e. The maximum Gasteiger partial charge on any atom is 0.284 e. The van der Waals surface area contributed by atoms with Crippen LogP contribution in [0.2, 0.25) is 0 Å². The Bertz CT molecular complexity index is 547. The van der Waals surface area contributed by atoms with Gasteiger partial charge in [0, 0.05) is 4.92 Å². The van der Waals surface area contributed by atoms with Gasteiger partial charge in [0.05, 0.1) is 15.4 Å². The van der Waals surface area contributed by atoms with Crippen molar-refractivity contribution in [1.82, 2.24) is 0 Å². The minimum atomic E-state index is -1.92. The molecule has 0 bridgehead atoms. The van der Waals surface area contributed by atoms with Gasteiger partial charge in [0.25, 0.3) is 17.4 Å². The summed E-state index contributed by atoms with van der Waals surface area (Å²) in [5.74, 6) is 0. The fraction of sp³-hybridized carbons (Fsp3) is 0.556. The number of nitrogens with zero attached hydrogens (tertiary/aromatic N) is 3. The lowest BCUT2D eigenvalue weighted by atomic mass is 9.77. The first-order valence-corrected chi connectivity index (χ1v) is 5.17. The molecule has 0 saturated heterocycles. The zero-order valence-corrected chi connectivity index (χ0v) is 10.4. The summed E-state index contributed by atoms with van der Waals surface area (Å²) in [5, 5.41) is 33.0. The van der Waals surface area contributed by atoms with Gasteiger partial charge in [-0.1, -0.05) is 0 Å². The van der Waals surface area contributed by atoms with Crippen LogP contribution in [0.1, 0.15) is 20.8 Å². The van der Waals surface area contributed by atoms with E-state index in [4.69, 9.17) is 5.73 Å². The summed E-state index contributed by atoms with van der Waals surface area (Å²) in [6.45, 7) is 3.49. The maximum absolute atomic E-state index is 11.0. The molecule has 104 valence electrons. The third-order valence-electron chi connectivity index (χ3n) is 3.15. The molecular formula is C9H12N4O6. The summed E-state index contributed by atoms with van der Waals surface area (Å²) in [5.41, 5.74) is 2.03. The normalized spacial score (nSPS) is 27.5. The van der Waals surface area contributed by atoms with Crippen LogP contribution in [-0.4, -0.2) is 26.4 Å². The number of rotatable bonds is 3. The molecule has 10 nitrogen and oxygen atoms in total. The summed E-state index contributed by atoms with van der Waals surface area (Å²) in [4.78, 5) is 30.4. The van der Waals surface area contributed by atoms with E-state index in [-0.39, 0.29) is 11.1 Å². The average molecular weight is 272 g/mol. The monoisotopic (exact) mass is 272 g/mol. The van der Waals surface area contributed by atoms with Gasteiger partial charge in [-0.15, -0.1) is 0 Å². The van der Waals surface area contributed by atoms with Gasteiger partial charge < -0.3 is 5.73 Å². The zero-order valence-electron chi connectivity index (χ0n) is 10.4. The van der Waals surface area contributed by atoms with Gasteiger partial charge in [0.1, 0.15) is 5.57 Å². The first kappa shape index (κ1) is 14.7. The van der Waals surface area contributed by atoms with Crippen LogP contribution < -0.4 is 5.73 Å². The predicted octanol–water partition coefficient (Wildman–Crippen LogP) is 0.464. The Kier molecular flexibility index (Phi) is 3.39. The maximum atomic E-state index is 11.0. The lowest BCUT2D eigenvalue weighted by Gasteiger charge is -2.29. The molecule has 0 aromatic heterocycles. The molecule has 0 aromatic carbocycles. The van der Waals surface area contributed by atoms with Crippen molar-refractivity contribution in [2.75, 3.05) is 0 Å². The Morgan fingerprint density at radius 3 is 1.89 bits per heavy atom. The average Bonchev–Trinajstić information content (AvgIpc) is 2.11. The third kappa shape index (κ3) is 2.05. The molecule has 0 radical (unpaired) electrons. The first-order valence-electron chi connectivity index (χ1n) is 5.17. The lowest BCUT2D eigenvalue weighted by molar-refractivity contribution is -0.536. The van der Waals surface area contributed by atoms with Crippen molar-refractivity contribution in [2.24, 2.45) is 5.73 Å². The molecular weight excluding hydrogens is 260 g/mol. The van der Waals surface area contributed by atoms with Crippen LogP contribution in [0.5, 0.6) is 0 Å². The van der Waals surface area contributed by atoms with Crippen LogP contribution in [0, 0.1) is 30.3 Å². The second-order valence-electron chi connectivity index (χ2n) is 4.49. The fourth-order valence-electron chi connectivity index (χ4n) is 2.51. The molecule has 0 aliphatic heterocycles. The Morgan fingerprint density at radius 2 is 1.58 bits per heavy atom. The van der Waals surface area contributed by atoms with Crippen molar-refractivity contribution >= 4 is 0 Å². The molecule has 0 aromatic rings. The van der Waals surface area contributed by atoms with Gasteiger partial charge in [-0.05, 0) is 20.8 Å². The van der Waals surface area contributed by atoms with Gasteiger partial charge in [-0.3, -0.25) is 30.3 Å². The number of hydrogen-bond acceptors (Lipinski definition) is 7. The summed E-state index contributed by atoms with van der Waals surface area (Å²) >= 11 is 0. The van der Waals surface area contributed by atoms with Crippen LogP contribution >= 0.6 is 0 Å². The smallest absolute Gasteiger partial charge is 0.284 e. The van der Waals surface area contributed by atoms with E-state index in [1.165, 1.54) is 13.8 Å². The highest BCUT2D eigenvalue weighted by atomic mass is 16.6. The molecule has 2 atom stereocenters. The van der Waals surface area contributed by atoms with Crippen LogP contribution in [-0.2, 0) is 0 Å². The summed E-state index contributed by atoms with van der Waals surface area (Å²) in [6, 6.07) is -1.71. The van der Waals surface area contributed by atoms with E-state index in [0.29, 0.717) is 0 Å². The van der Waals surface area contributed by atoms with E-state index >= 15 is 0 Å². The Labute approximate surface area is 107 Å². The minimum Gasteiger partial charge on any atom is -0.310 e. The molecule has 1 rings (SSSR count). The minimum absolute atomic E-state index is 0.192. The molecule has 0 saturated carbocycles. The molecule has 2 unspecified atom stereocenters. The third-order valence-corrected chi connectivity index (χ3v) is 3.15. The van der Waals surface area contributed by atoms with Crippen molar-refractivity contribution in [3.05, 3.63) is 52.9 Å². The number of nitro groups is 3. The van der Waals surface area contributed by atoms with Crippen LogP contribution in [0.25, 0.3) is 0 Å². The molecule has 0 spiro atoms. The second-order valence-corrected chi connectivity index (χ2v) is 4.49. The van der Waals surface area contributed by atoms with Gasteiger partial charge in [0.2, 0.25) is 0 Å². The number of allylic oxidation sites excluding steroid dienone is 1. The number of hydrogen-bond donors (Lipinski definition) is 1. The van der Waals surface area contributed by atoms with Crippen LogP contribution in [0.4, 0.5) is 0 Å². The standard InChI is InChI=1S/C9H12N4O6/c1-4-6(11(14)15)5(2)8(13(18)19)9(3,10)7(4)12(16)17/h7H,10H2,1-3H3. The first-order chi connectivity index (χ1) is 8.53. The lowest BCUT2D eigenvalue weighted by Crippen LogP contribution is -2.58. The van der Waals surface area contributed by atoms with Gasteiger partial charge in [0.15, 0.2) is 5.54 Å². The van der Waals surface area contributed by atoms with Crippen molar-refractivity contribution in [3.63, 3.8) is 0 Å². The van der Waals surface area contributed by atoms with Crippen molar-refractivity contribution in [3.8, 4) is 0 Å². The molecule has 0 heterocycles. The Hall–Kier alpha value is -2.36. The molecule has 1 aliphatic carbocycles.